The van der Waals surface area contributed by atoms with Crippen molar-refractivity contribution in [3.63, 3.8) is 0 Å². The maximum Gasteiger partial charge on any atom is 0.228 e. The van der Waals surface area contributed by atoms with Crippen molar-refractivity contribution in [3.8, 4) is 0 Å². The molecule has 2 aliphatic heterocycles. The van der Waals surface area contributed by atoms with E-state index in [0.717, 1.165) is 52.3 Å². The second-order valence-corrected chi connectivity index (χ2v) is 5.61. The lowest BCUT2D eigenvalue weighted by Crippen LogP contribution is -2.59. The van der Waals surface area contributed by atoms with Crippen LogP contribution in [0.1, 0.15) is 19.8 Å². The highest BCUT2D eigenvalue weighted by Gasteiger charge is 2.34. The first kappa shape index (κ1) is 17.7. The quantitative estimate of drug-likeness (QED) is 0.780. The summed E-state index contributed by atoms with van der Waals surface area (Å²) in [7, 11) is 1.75. The molecular formula is C14H28ClN3O2. The molecule has 0 spiro atoms. The molecule has 2 aliphatic rings. The zero-order chi connectivity index (χ0) is 13.7. The van der Waals surface area contributed by atoms with Crippen molar-refractivity contribution in [2.45, 2.75) is 25.8 Å². The van der Waals surface area contributed by atoms with Crippen LogP contribution >= 0.6 is 12.4 Å². The van der Waals surface area contributed by atoms with Crippen molar-refractivity contribution >= 4 is 18.3 Å². The van der Waals surface area contributed by atoms with Gasteiger partial charge in [-0.1, -0.05) is 13.3 Å². The van der Waals surface area contributed by atoms with Gasteiger partial charge in [-0.3, -0.25) is 9.69 Å². The number of nitrogens with zero attached hydrogens (tertiary/aromatic N) is 2. The van der Waals surface area contributed by atoms with Crippen molar-refractivity contribution in [1.82, 2.24) is 15.1 Å². The first-order valence-corrected chi connectivity index (χ1v) is 7.48. The largest absolute Gasteiger partial charge is 0.383 e. The molecule has 118 valence electrons. The van der Waals surface area contributed by atoms with Crippen molar-refractivity contribution < 1.29 is 9.53 Å². The average Bonchev–Trinajstić information content (AvgIpc) is 2.35. The molecule has 0 aliphatic carbocycles. The number of amides is 1. The third-order valence-corrected chi connectivity index (χ3v) is 4.25. The van der Waals surface area contributed by atoms with Gasteiger partial charge in [0.2, 0.25) is 5.91 Å². The van der Waals surface area contributed by atoms with E-state index in [1.807, 2.05) is 0 Å². The summed E-state index contributed by atoms with van der Waals surface area (Å²) >= 11 is 0. The first-order chi connectivity index (χ1) is 9.26. The maximum absolute atomic E-state index is 12.3. The fourth-order valence-corrected chi connectivity index (χ4v) is 2.92. The van der Waals surface area contributed by atoms with E-state index in [9.17, 15) is 4.79 Å². The monoisotopic (exact) mass is 305 g/mol. The lowest BCUT2D eigenvalue weighted by atomic mass is 9.99. The van der Waals surface area contributed by atoms with Crippen LogP contribution in [0.15, 0.2) is 0 Å². The van der Waals surface area contributed by atoms with Crippen molar-refractivity contribution in [2.75, 3.05) is 53.0 Å². The van der Waals surface area contributed by atoms with Gasteiger partial charge in [0.25, 0.3) is 0 Å². The van der Waals surface area contributed by atoms with Crippen LogP contribution in [0.5, 0.6) is 0 Å². The summed E-state index contributed by atoms with van der Waals surface area (Å²) in [5.41, 5.74) is 0. The highest BCUT2D eigenvalue weighted by molar-refractivity contribution is 5.85. The lowest BCUT2D eigenvalue weighted by Gasteiger charge is -2.43. The smallest absolute Gasteiger partial charge is 0.228 e. The number of nitrogens with one attached hydrogen (secondary N) is 1. The van der Waals surface area contributed by atoms with E-state index in [1.54, 1.807) is 7.11 Å². The predicted octanol–water partition coefficient (Wildman–Crippen LogP) is 0.587. The molecule has 0 aromatic carbocycles. The molecule has 1 N–H and O–H groups in total. The van der Waals surface area contributed by atoms with Gasteiger partial charge in [-0.15, -0.1) is 12.4 Å². The fourth-order valence-electron chi connectivity index (χ4n) is 2.92. The van der Waals surface area contributed by atoms with E-state index in [-0.39, 0.29) is 18.3 Å². The van der Waals surface area contributed by atoms with Crippen LogP contribution in [0.4, 0.5) is 0 Å². The number of hydrogen-bond donors (Lipinski definition) is 1. The van der Waals surface area contributed by atoms with Crippen LogP contribution in [0.2, 0.25) is 0 Å². The molecule has 1 amide bonds. The van der Waals surface area contributed by atoms with Gasteiger partial charge in [-0.05, 0) is 6.42 Å². The molecule has 2 fully saturated rings. The molecule has 0 aromatic rings. The summed E-state index contributed by atoms with van der Waals surface area (Å²) in [6.45, 7) is 8.45. The highest BCUT2D eigenvalue weighted by Crippen LogP contribution is 2.17. The van der Waals surface area contributed by atoms with Gasteiger partial charge in [0.15, 0.2) is 0 Å². The Morgan fingerprint density at radius 1 is 1.35 bits per heavy atom. The second-order valence-electron chi connectivity index (χ2n) is 5.61. The molecule has 5 nitrogen and oxygen atoms in total. The van der Waals surface area contributed by atoms with Crippen molar-refractivity contribution in [3.05, 3.63) is 0 Å². The molecule has 2 rings (SSSR count). The summed E-state index contributed by atoms with van der Waals surface area (Å²) < 4.78 is 5.18. The molecule has 1 atom stereocenters. The number of carbonyl (C=O) groups is 1. The van der Waals surface area contributed by atoms with Crippen molar-refractivity contribution in [2.24, 2.45) is 5.92 Å². The summed E-state index contributed by atoms with van der Waals surface area (Å²) in [5, 5.41) is 3.18. The van der Waals surface area contributed by atoms with E-state index < -0.39 is 0 Å². The van der Waals surface area contributed by atoms with Crippen molar-refractivity contribution in [1.29, 1.82) is 0 Å². The SMILES string of the molecule is CCCC1CN(C(=O)C2CNC2)CCN1CCOC.Cl. The first-order valence-electron chi connectivity index (χ1n) is 7.48. The van der Waals surface area contributed by atoms with E-state index in [2.05, 4.69) is 22.0 Å². The number of hydrogen-bond acceptors (Lipinski definition) is 4. The number of methoxy groups -OCH3 is 1. The Bertz CT molecular complexity index is 300. The zero-order valence-electron chi connectivity index (χ0n) is 12.6. The normalized spacial score (nSPS) is 24.1. The molecule has 1 unspecified atom stereocenters. The Morgan fingerprint density at radius 3 is 2.65 bits per heavy atom. The van der Waals surface area contributed by atoms with Crippen LogP contribution in [0.25, 0.3) is 0 Å². The van der Waals surface area contributed by atoms with Crippen LogP contribution in [0.3, 0.4) is 0 Å². The second kappa shape index (κ2) is 8.82. The van der Waals surface area contributed by atoms with E-state index in [4.69, 9.17) is 4.74 Å². The van der Waals surface area contributed by atoms with Gasteiger partial charge in [-0.2, -0.15) is 0 Å². The summed E-state index contributed by atoms with van der Waals surface area (Å²) in [5.74, 6) is 0.582. The Balaban J connectivity index is 0.00000200. The minimum absolute atomic E-state index is 0. The Morgan fingerprint density at radius 2 is 2.10 bits per heavy atom. The molecule has 0 radical (unpaired) electrons. The van der Waals surface area contributed by atoms with E-state index >= 15 is 0 Å². The summed E-state index contributed by atoms with van der Waals surface area (Å²) in [4.78, 5) is 16.9. The third-order valence-electron chi connectivity index (χ3n) is 4.25. The molecule has 0 bridgehead atoms. The number of rotatable bonds is 6. The molecule has 6 heteroatoms. The minimum atomic E-state index is 0. The maximum atomic E-state index is 12.3. The molecule has 2 heterocycles. The van der Waals surface area contributed by atoms with Gasteiger partial charge >= 0.3 is 0 Å². The van der Waals surface area contributed by atoms with E-state index in [1.165, 1.54) is 6.42 Å². The van der Waals surface area contributed by atoms with Crippen LogP contribution in [-0.4, -0.2) is 74.7 Å². The number of piperazine rings is 1. The summed E-state index contributed by atoms with van der Waals surface area (Å²) in [6, 6.07) is 0.505. The van der Waals surface area contributed by atoms with Gasteiger partial charge in [0.1, 0.15) is 0 Å². The fraction of sp³-hybridized carbons (Fsp3) is 0.929. The number of ether oxygens (including phenoxy) is 1. The molecule has 0 saturated carbocycles. The lowest BCUT2D eigenvalue weighted by molar-refractivity contribution is -0.140. The third kappa shape index (κ3) is 4.32. The van der Waals surface area contributed by atoms with Crippen LogP contribution in [0, 0.1) is 5.92 Å². The Hall–Kier alpha value is -0.360. The highest BCUT2D eigenvalue weighted by atomic mass is 35.5. The zero-order valence-corrected chi connectivity index (χ0v) is 13.5. The molecule has 0 aromatic heterocycles. The predicted molar refractivity (Wildman–Crippen MR) is 82.3 cm³/mol. The molecule has 20 heavy (non-hydrogen) atoms. The molecule has 2 saturated heterocycles. The number of carbonyl (C=O) groups excluding carboxylic acids is 1. The standard InChI is InChI=1S/C14H27N3O2.ClH/c1-3-4-13-11-17(14(18)12-9-15-10-12)6-5-16(13)7-8-19-2;/h12-13,15H,3-11H2,1-2H3;1H. The van der Waals surface area contributed by atoms with Gasteiger partial charge in [-0.25, -0.2) is 0 Å². The van der Waals surface area contributed by atoms with Gasteiger partial charge in [0.05, 0.1) is 12.5 Å². The Labute approximate surface area is 128 Å². The minimum Gasteiger partial charge on any atom is -0.383 e. The molecular weight excluding hydrogens is 278 g/mol. The number of halogens is 1. The van der Waals surface area contributed by atoms with Gasteiger partial charge in [0, 0.05) is 52.4 Å². The van der Waals surface area contributed by atoms with Gasteiger partial charge < -0.3 is 15.0 Å². The van der Waals surface area contributed by atoms with Crippen LogP contribution in [-0.2, 0) is 9.53 Å². The average molecular weight is 306 g/mol. The van der Waals surface area contributed by atoms with Crippen LogP contribution < -0.4 is 5.32 Å². The topological polar surface area (TPSA) is 44.8 Å². The summed E-state index contributed by atoms with van der Waals surface area (Å²) in [6.07, 6.45) is 2.33. The van der Waals surface area contributed by atoms with E-state index in [0.29, 0.717) is 11.9 Å². The Kier molecular flexibility index (Phi) is 7.80.